The highest BCUT2D eigenvalue weighted by Crippen LogP contribution is 2.35. The van der Waals surface area contributed by atoms with Gasteiger partial charge in [-0.2, -0.15) is 0 Å². The molecule has 0 aromatic heterocycles. The number of aliphatic hydroxyl groups is 1. The first-order valence-electron chi connectivity index (χ1n) is 5.22. The molecule has 0 spiro atoms. The molecular formula is C12H18O4S. The predicted octanol–water partition coefficient (Wildman–Crippen LogP) is 1.37. The predicted molar refractivity (Wildman–Crippen MR) is 66.2 cm³/mol. The van der Waals surface area contributed by atoms with Crippen molar-refractivity contribution in [3.8, 4) is 5.75 Å². The van der Waals surface area contributed by atoms with Gasteiger partial charge in [-0.1, -0.05) is 26.0 Å². The summed E-state index contributed by atoms with van der Waals surface area (Å²) in [6.45, 7) is 3.44. The molecule has 1 aromatic carbocycles. The Morgan fingerprint density at radius 1 is 1.35 bits per heavy atom. The summed E-state index contributed by atoms with van der Waals surface area (Å²) >= 11 is 0. The number of methoxy groups -OCH3 is 1. The van der Waals surface area contributed by atoms with Gasteiger partial charge < -0.3 is 9.84 Å². The molecule has 0 atom stereocenters. The van der Waals surface area contributed by atoms with Gasteiger partial charge >= 0.3 is 0 Å². The normalized spacial score (nSPS) is 12.5. The second-order valence-corrected chi connectivity index (χ2v) is 6.60. The van der Waals surface area contributed by atoms with Crippen LogP contribution in [0, 0.1) is 0 Å². The van der Waals surface area contributed by atoms with Gasteiger partial charge in [0.25, 0.3) is 0 Å². The average Bonchev–Trinajstić information content (AvgIpc) is 2.26. The lowest BCUT2D eigenvalue weighted by molar-refractivity contribution is 0.215. The van der Waals surface area contributed by atoms with Crippen molar-refractivity contribution in [2.45, 2.75) is 24.2 Å². The van der Waals surface area contributed by atoms with Gasteiger partial charge in [-0.3, -0.25) is 0 Å². The molecule has 0 aliphatic rings. The maximum Gasteiger partial charge on any atom is 0.179 e. The topological polar surface area (TPSA) is 63.6 Å². The summed E-state index contributed by atoms with van der Waals surface area (Å²) in [6.07, 6.45) is 1.14. The van der Waals surface area contributed by atoms with Crippen LogP contribution in [0.3, 0.4) is 0 Å². The molecule has 1 aromatic rings. The Hall–Kier alpha value is -1.07. The zero-order valence-electron chi connectivity index (χ0n) is 10.5. The molecule has 0 aliphatic carbocycles. The standard InChI is InChI=1S/C12H18O4S/c1-12(2,8-13)9-6-5-7-10(16-3)11(9)17(4,14)15/h5-7,13H,8H2,1-4H3. The summed E-state index contributed by atoms with van der Waals surface area (Å²) in [5.74, 6) is 0.312. The van der Waals surface area contributed by atoms with Crippen LogP contribution >= 0.6 is 0 Å². The lowest BCUT2D eigenvalue weighted by atomic mass is 9.85. The number of hydrogen-bond acceptors (Lipinski definition) is 4. The van der Waals surface area contributed by atoms with E-state index in [0.717, 1.165) is 6.26 Å². The maximum atomic E-state index is 11.8. The van der Waals surface area contributed by atoms with Crippen LogP contribution in [0.2, 0.25) is 0 Å². The van der Waals surface area contributed by atoms with Crippen molar-refractivity contribution in [3.05, 3.63) is 23.8 Å². The largest absolute Gasteiger partial charge is 0.495 e. The van der Waals surface area contributed by atoms with Crippen molar-refractivity contribution in [1.29, 1.82) is 0 Å². The third kappa shape index (κ3) is 2.79. The second kappa shape index (κ2) is 4.66. The quantitative estimate of drug-likeness (QED) is 0.886. The Labute approximate surface area is 102 Å². The van der Waals surface area contributed by atoms with E-state index in [9.17, 15) is 13.5 Å². The lowest BCUT2D eigenvalue weighted by Gasteiger charge is -2.25. The SMILES string of the molecule is COc1cccc(C(C)(C)CO)c1S(C)(=O)=O. The van der Waals surface area contributed by atoms with Crippen LogP contribution < -0.4 is 4.74 Å². The molecule has 0 radical (unpaired) electrons. The Morgan fingerprint density at radius 2 is 1.94 bits per heavy atom. The number of rotatable bonds is 4. The molecule has 5 heteroatoms. The van der Waals surface area contributed by atoms with E-state index in [1.165, 1.54) is 7.11 Å². The molecule has 1 rings (SSSR count). The van der Waals surface area contributed by atoms with Crippen LogP contribution in [0.1, 0.15) is 19.4 Å². The monoisotopic (exact) mass is 258 g/mol. The number of aliphatic hydroxyl groups excluding tert-OH is 1. The van der Waals surface area contributed by atoms with Crippen molar-refractivity contribution in [2.24, 2.45) is 0 Å². The first kappa shape index (κ1) is 14.0. The van der Waals surface area contributed by atoms with E-state index >= 15 is 0 Å². The van der Waals surface area contributed by atoms with Gasteiger partial charge in [0.2, 0.25) is 0 Å². The van der Waals surface area contributed by atoms with Crippen molar-refractivity contribution in [3.63, 3.8) is 0 Å². The molecule has 1 N–H and O–H groups in total. The minimum Gasteiger partial charge on any atom is -0.495 e. The Kier molecular flexibility index (Phi) is 3.84. The minimum absolute atomic E-state index is 0.136. The van der Waals surface area contributed by atoms with E-state index in [-0.39, 0.29) is 11.5 Å². The first-order chi connectivity index (χ1) is 7.74. The summed E-state index contributed by atoms with van der Waals surface area (Å²) in [5, 5.41) is 9.37. The zero-order chi connectivity index (χ0) is 13.3. The van der Waals surface area contributed by atoms with Crippen molar-refractivity contribution in [1.82, 2.24) is 0 Å². The van der Waals surface area contributed by atoms with Crippen LogP contribution in [-0.2, 0) is 15.3 Å². The van der Waals surface area contributed by atoms with E-state index in [4.69, 9.17) is 4.74 Å². The van der Waals surface area contributed by atoms with E-state index < -0.39 is 15.3 Å². The molecule has 0 unspecified atom stereocenters. The van der Waals surface area contributed by atoms with Gasteiger partial charge in [0.05, 0.1) is 13.7 Å². The van der Waals surface area contributed by atoms with Gasteiger partial charge in [-0.25, -0.2) is 8.42 Å². The summed E-state index contributed by atoms with van der Waals surface area (Å²) in [7, 11) is -1.98. The molecule has 0 saturated carbocycles. The van der Waals surface area contributed by atoms with Crippen molar-refractivity contribution < 1.29 is 18.3 Å². The Balaban J connectivity index is 3.63. The maximum absolute atomic E-state index is 11.8. The third-order valence-electron chi connectivity index (χ3n) is 2.69. The van der Waals surface area contributed by atoms with Gasteiger partial charge in [-0.15, -0.1) is 0 Å². The molecule has 0 amide bonds. The van der Waals surface area contributed by atoms with Crippen LogP contribution in [0.25, 0.3) is 0 Å². The van der Waals surface area contributed by atoms with Crippen LogP contribution in [0.4, 0.5) is 0 Å². The second-order valence-electron chi connectivity index (χ2n) is 4.65. The van der Waals surface area contributed by atoms with Gasteiger partial charge in [0, 0.05) is 11.7 Å². The number of sulfone groups is 1. The highest BCUT2D eigenvalue weighted by atomic mass is 32.2. The summed E-state index contributed by atoms with van der Waals surface area (Å²) < 4.78 is 28.8. The number of hydrogen-bond donors (Lipinski definition) is 1. The molecule has 96 valence electrons. The van der Waals surface area contributed by atoms with Gasteiger partial charge in [0.1, 0.15) is 10.6 Å². The summed E-state index contributed by atoms with van der Waals surface area (Å²) in [6, 6.07) is 5.03. The molecular weight excluding hydrogens is 240 g/mol. The summed E-state index contributed by atoms with van der Waals surface area (Å²) in [5.41, 5.74) is -0.0608. The van der Waals surface area contributed by atoms with Crippen molar-refractivity contribution >= 4 is 9.84 Å². The molecule has 4 nitrogen and oxygen atoms in total. The van der Waals surface area contributed by atoms with E-state index in [0.29, 0.717) is 11.3 Å². The average molecular weight is 258 g/mol. The fourth-order valence-electron chi connectivity index (χ4n) is 1.68. The highest BCUT2D eigenvalue weighted by Gasteiger charge is 2.29. The smallest absolute Gasteiger partial charge is 0.179 e. The third-order valence-corrected chi connectivity index (χ3v) is 3.86. The zero-order valence-corrected chi connectivity index (χ0v) is 11.3. The molecule has 0 fully saturated rings. The molecule has 0 bridgehead atoms. The minimum atomic E-state index is -3.41. The Bertz CT molecular complexity index is 503. The molecule has 17 heavy (non-hydrogen) atoms. The fourth-order valence-corrected chi connectivity index (χ4v) is 2.94. The Morgan fingerprint density at radius 3 is 2.35 bits per heavy atom. The highest BCUT2D eigenvalue weighted by molar-refractivity contribution is 7.90. The molecule has 0 aliphatic heterocycles. The lowest BCUT2D eigenvalue weighted by Crippen LogP contribution is -2.25. The van der Waals surface area contributed by atoms with Crippen molar-refractivity contribution in [2.75, 3.05) is 20.0 Å². The van der Waals surface area contributed by atoms with Gasteiger partial charge in [-0.05, 0) is 11.6 Å². The molecule has 0 heterocycles. The van der Waals surface area contributed by atoms with E-state index in [2.05, 4.69) is 0 Å². The van der Waals surface area contributed by atoms with Crippen LogP contribution in [-0.4, -0.2) is 33.5 Å². The van der Waals surface area contributed by atoms with Gasteiger partial charge in [0.15, 0.2) is 9.84 Å². The number of ether oxygens (including phenoxy) is 1. The van der Waals surface area contributed by atoms with Crippen LogP contribution in [0.5, 0.6) is 5.75 Å². The fraction of sp³-hybridized carbons (Fsp3) is 0.500. The molecule has 0 saturated heterocycles. The van der Waals surface area contributed by atoms with E-state index in [1.807, 2.05) is 0 Å². The summed E-state index contributed by atoms with van der Waals surface area (Å²) in [4.78, 5) is 0.154. The first-order valence-corrected chi connectivity index (χ1v) is 7.11. The van der Waals surface area contributed by atoms with E-state index in [1.54, 1.807) is 32.0 Å². The van der Waals surface area contributed by atoms with Crippen LogP contribution in [0.15, 0.2) is 23.1 Å². The number of benzene rings is 1.